The van der Waals surface area contributed by atoms with Gasteiger partial charge in [0.15, 0.2) is 5.65 Å². The van der Waals surface area contributed by atoms with E-state index in [1.54, 1.807) is 34.7 Å². The molecule has 0 atom stereocenters. The predicted molar refractivity (Wildman–Crippen MR) is 142 cm³/mol. The Labute approximate surface area is 224 Å². The molecule has 2 aromatic heterocycles. The molecule has 1 aliphatic heterocycles. The van der Waals surface area contributed by atoms with Gasteiger partial charge in [0, 0.05) is 67.4 Å². The van der Waals surface area contributed by atoms with E-state index in [4.69, 9.17) is 0 Å². The third-order valence-electron chi connectivity index (χ3n) is 6.81. The van der Waals surface area contributed by atoms with Crippen LogP contribution in [0.1, 0.15) is 44.9 Å². The highest BCUT2D eigenvalue weighted by atomic mass is 19.3. The minimum absolute atomic E-state index is 0.0809. The molecule has 39 heavy (non-hydrogen) atoms. The summed E-state index contributed by atoms with van der Waals surface area (Å²) in [6, 6.07) is 12.3. The molecular weight excluding hydrogens is 505 g/mol. The molecule has 1 aliphatic rings. The summed E-state index contributed by atoms with van der Waals surface area (Å²) in [6.07, 6.45) is -1.16. The van der Waals surface area contributed by atoms with E-state index in [0.717, 1.165) is 31.7 Å². The number of hydrogen-bond donors (Lipinski definition) is 1. The van der Waals surface area contributed by atoms with Gasteiger partial charge in [-0.25, -0.2) is 13.2 Å². The number of pyridine rings is 1. The largest absolute Gasteiger partial charge is 0.322 e. The first-order valence-electron chi connectivity index (χ1n) is 12.5. The van der Waals surface area contributed by atoms with Gasteiger partial charge in [-0.05, 0) is 61.4 Å². The number of fused-ring (bicyclic) bond motifs is 1. The Kier molecular flexibility index (Phi) is 7.63. The first-order valence-corrected chi connectivity index (χ1v) is 12.5. The number of carbonyl (C=O) groups is 1. The Morgan fingerprint density at radius 1 is 1.03 bits per heavy atom. The van der Waals surface area contributed by atoms with E-state index in [0.29, 0.717) is 40.4 Å². The van der Waals surface area contributed by atoms with Crippen LogP contribution in [0.25, 0.3) is 5.65 Å². The van der Waals surface area contributed by atoms with Crippen molar-refractivity contribution in [2.24, 2.45) is 0 Å². The van der Waals surface area contributed by atoms with Crippen molar-refractivity contribution in [1.82, 2.24) is 24.4 Å². The zero-order valence-electron chi connectivity index (χ0n) is 21.6. The molecule has 3 heterocycles. The van der Waals surface area contributed by atoms with E-state index >= 15 is 0 Å². The maximum Gasteiger partial charge on any atom is 0.264 e. The molecule has 4 aromatic rings. The van der Waals surface area contributed by atoms with Crippen molar-refractivity contribution in [3.63, 3.8) is 0 Å². The average molecular weight is 533 g/mol. The smallest absolute Gasteiger partial charge is 0.264 e. The molecule has 1 saturated heterocycles. The van der Waals surface area contributed by atoms with Crippen molar-refractivity contribution in [3.8, 4) is 11.8 Å². The van der Waals surface area contributed by atoms with E-state index in [9.17, 15) is 18.0 Å². The van der Waals surface area contributed by atoms with Gasteiger partial charge in [0.25, 0.3) is 12.3 Å². The molecule has 1 N–H and O–H groups in total. The van der Waals surface area contributed by atoms with Crippen molar-refractivity contribution in [3.05, 3.63) is 94.2 Å². The van der Waals surface area contributed by atoms with Crippen LogP contribution in [-0.2, 0) is 6.54 Å². The van der Waals surface area contributed by atoms with Gasteiger partial charge in [0.2, 0.25) is 5.82 Å². The van der Waals surface area contributed by atoms with Crippen molar-refractivity contribution in [2.45, 2.75) is 19.9 Å². The molecule has 0 unspecified atom stereocenters. The van der Waals surface area contributed by atoms with Crippen LogP contribution in [-0.4, -0.2) is 63.5 Å². The molecule has 5 rings (SSSR count). The third kappa shape index (κ3) is 6.11. The molecular formula is C29H27F3N6O. The number of nitrogens with one attached hydrogen (secondary N) is 1. The topological polar surface area (TPSA) is 65.8 Å². The number of carbonyl (C=O) groups excluding carboxylic acids is 1. The van der Waals surface area contributed by atoms with Crippen molar-refractivity contribution in [2.75, 3.05) is 38.5 Å². The van der Waals surface area contributed by atoms with E-state index < -0.39 is 18.1 Å². The summed E-state index contributed by atoms with van der Waals surface area (Å²) in [5.74, 6) is 5.39. The Hall–Kier alpha value is -4.20. The van der Waals surface area contributed by atoms with Gasteiger partial charge in [-0.2, -0.15) is 0 Å². The second kappa shape index (κ2) is 11.3. The van der Waals surface area contributed by atoms with Crippen LogP contribution in [0.3, 0.4) is 0 Å². The summed E-state index contributed by atoms with van der Waals surface area (Å²) >= 11 is 0. The maximum absolute atomic E-state index is 13.9. The van der Waals surface area contributed by atoms with Crippen LogP contribution in [0.5, 0.6) is 0 Å². The summed E-state index contributed by atoms with van der Waals surface area (Å²) < 4.78 is 42.8. The SMILES string of the molecule is Cc1ccc(C(=O)Nc2ccc(CN3CCN(C)CC3)c(C(F)F)c2)cc1C#Cc1nnc2cc(F)ccn12. The van der Waals surface area contributed by atoms with E-state index in [1.165, 1.54) is 24.4 Å². The van der Waals surface area contributed by atoms with Crippen LogP contribution >= 0.6 is 0 Å². The van der Waals surface area contributed by atoms with E-state index in [2.05, 4.69) is 37.2 Å². The normalized spacial score (nSPS) is 14.4. The van der Waals surface area contributed by atoms with Gasteiger partial charge < -0.3 is 10.2 Å². The van der Waals surface area contributed by atoms with Crippen LogP contribution < -0.4 is 5.32 Å². The lowest BCUT2D eigenvalue weighted by molar-refractivity contribution is 0.102. The number of likely N-dealkylation sites (N-methyl/N-ethyl adjacent to an activating group) is 1. The Morgan fingerprint density at radius 3 is 2.59 bits per heavy atom. The number of halogens is 3. The average Bonchev–Trinajstić information content (AvgIpc) is 3.32. The lowest BCUT2D eigenvalue weighted by Gasteiger charge is -2.32. The number of nitrogens with zero attached hydrogens (tertiary/aromatic N) is 5. The first kappa shape index (κ1) is 26.4. The van der Waals surface area contributed by atoms with Crippen LogP contribution in [0.2, 0.25) is 0 Å². The van der Waals surface area contributed by atoms with Crippen molar-refractivity contribution < 1.29 is 18.0 Å². The summed E-state index contributed by atoms with van der Waals surface area (Å²) in [7, 11) is 2.05. The number of aryl methyl sites for hydroxylation is 1. The number of aromatic nitrogens is 3. The fourth-order valence-electron chi connectivity index (χ4n) is 4.44. The molecule has 0 radical (unpaired) electrons. The minimum Gasteiger partial charge on any atom is -0.322 e. The van der Waals surface area contributed by atoms with Gasteiger partial charge in [0.1, 0.15) is 5.82 Å². The molecule has 0 bridgehead atoms. The van der Waals surface area contributed by atoms with Gasteiger partial charge in [0.05, 0.1) is 0 Å². The maximum atomic E-state index is 13.9. The minimum atomic E-state index is -2.66. The van der Waals surface area contributed by atoms with E-state index in [1.807, 2.05) is 14.0 Å². The Balaban J connectivity index is 1.33. The predicted octanol–water partition coefficient (Wildman–Crippen LogP) is 4.51. The van der Waals surface area contributed by atoms with Crippen LogP contribution in [0, 0.1) is 24.6 Å². The number of anilines is 1. The quantitative estimate of drug-likeness (QED) is 0.383. The lowest BCUT2D eigenvalue weighted by atomic mass is 10.0. The molecule has 0 aliphatic carbocycles. The molecule has 1 fully saturated rings. The van der Waals surface area contributed by atoms with Crippen molar-refractivity contribution >= 4 is 17.2 Å². The van der Waals surface area contributed by atoms with E-state index in [-0.39, 0.29) is 5.56 Å². The molecule has 0 saturated carbocycles. The number of piperazine rings is 1. The van der Waals surface area contributed by atoms with Crippen LogP contribution in [0.4, 0.5) is 18.9 Å². The summed E-state index contributed by atoms with van der Waals surface area (Å²) in [6.45, 7) is 5.74. The third-order valence-corrected chi connectivity index (χ3v) is 6.81. The highest BCUT2D eigenvalue weighted by molar-refractivity contribution is 6.04. The molecule has 200 valence electrons. The first-order chi connectivity index (χ1) is 18.8. The number of amides is 1. The number of benzene rings is 2. The zero-order chi connectivity index (χ0) is 27.5. The summed E-state index contributed by atoms with van der Waals surface area (Å²) in [4.78, 5) is 17.4. The molecule has 7 nitrogen and oxygen atoms in total. The molecule has 0 spiro atoms. The summed E-state index contributed by atoms with van der Waals surface area (Å²) in [5.41, 5.74) is 2.88. The highest BCUT2D eigenvalue weighted by Crippen LogP contribution is 2.28. The van der Waals surface area contributed by atoms with Crippen molar-refractivity contribution in [1.29, 1.82) is 0 Å². The fraction of sp³-hybridized carbons (Fsp3) is 0.276. The second-order valence-corrected chi connectivity index (χ2v) is 9.62. The van der Waals surface area contributed by atoms with Gasteiger partial charge >= 0.3 is 0 Å². The van der Waals surface area contributed by atoms with Gasteiger partial charge in [-0.15, -0.1) is 10.2 Å². The lowest BCUT2D eigenvalue weighted by Crippen LogP contribution is -2.44. The van der Waals surface area contributed by atoms with Gasteiger partial charge in [-0.1, -0.05) is 18.1 Å². The molecule has 10 heteroatoms. The Bertz CT molecular complexity index is 1580. The highest BCUT2D eigenvalue weighted by Gasteiger charge is 2.20. The molecule has 2 aromatic carbocycles. The number of hydrogen-bond acceptors (Lipinski definition) is 5. The number of rotatable bonds is 5. The second-order valence-electron chi connectivity index (χ2n) is 9.62. The standard InChI is InChI=1S/C29H27F3N6O/c1-19-3-4-21(15-20(19)6-8-26-34-35-27-16-23(30)9-10-38(26)27)29(39)33-24-7-5-22(25(17-24)28(31)32)18-37-13-11-36(2)12-14-37/h3-5,7,9-10,15-17,28H,11-14,18H2,1-2H3,(H,33,39). The molecule has 1 amide bonds. The monoisotopic (exact) mass is 532 g/mol. The Morgan fingerprint density at radius 2 is 1.82 bits per heavy atom. The summed E-state index contributed by atoms with van der Waals surface area (Å²) in [5, 5.41) is 10.6. The van der Waals surface area contributed by atoms with Crippen LogP contribution in [0.15, 0.2) is 54.7 Å². The van der Waals surface area contributed by atoms with Gasteiger partial charge in [-0.3, -0.25) is 14.1 Å². The number of alkyl halides is 2. The zero-order valence-corrected chi connectivity index (χ0v) is 21.6. The fourth-order valence-corrected chi connectivity index (χ4v) is 4.44.